The Bertz CT molecular complexity index is 391. The molecule has 0 aromatic heterocycles. The van der Waals surface area contributed by atoms with Crippen LogP contribution in [0.2, 0.25) is 0 Å². The molecule has 1 fully saturated rings. The minimum Gasteiger partial charge on any atom is -0.634 e. The molecule has 1 saturated heterocycles. The zero-order valence-electron chi connectivity index (χ0n) is 9.01. The normalized spacial score (nSPS) is 33.2. The van der Waals surface area contributed by atoms with Crippen molar-refractivity contribution in [1.82, 2.24) is 4.90 Å². The van der Waals surface area contributed by atoms with Gasteiger partial charge in [-0.3, -0.25) is 14.5 Å². The Labute approximate surface area is 96.9 Å². The molecule has 2 heterocycles. The second-order valence-electron chi connectivity index (χ2n) is 4.22. The van der Waals surface area contributed by atoms with Crippen molar-refractivity contribution in [3.8, 4) is 0 Å². The first-order valence-corrected chi connectivity index (χ1v) is 5.29. The molecule has 0 spiro atoms. The molecule has 0 atom stereocenters. The van der Waals surface area contributed by atoms with E-state index in [0.717, 1.165) is 17.1 Å². The molecule has 2 rings (SSSR count). The quantitative estimate of drug-likeness (QED) is 0.425. The van der Waals surface area contributed by atoms with Crippen LogP contribution in [-0.2, 0) is 14.4 Å². The van der Waals surface area contributed by atoms with Gasteiger partial charge >= 0.3 is 5.97 Å². The van der Waals surface area contributed by atoms with Gasteiger partial charge < -0.3 is 15.4 Å². The Balaban J connectivity index is 2.32. The van der Waals surface area contributed by atoms with Crippen LogP contribution in [0.15, 0.2) is 12.2 Å². The molecule has 2 aliphatic heterocycles. The predicted molar refractivity (Wildman–Crippen MR) is 54.7 cm³/mol. The number of piperidine rings is 1. The minimum atomic E-state index is -1.55. The van der Waals surface area contributed by atoms with Gasteiger partial charge in [-0.25, -0.2) is 4.79 Å². The molecule has 2 aliphatic rings. The maximum absolute atomic E-state index is 11.5. The van der Waals surface area contributed by atoms with Crippen LogP contribution in [0.4, 0.5) is 0 Å². The molecular formula is C10H12N2O5. The second-order valence-corrected chi connectivity index (χ2v) is 4.22. The number of carboxylic acids is 1. The molecule has 7 nitrogen and oxygen atoms in total. The van der Waals surface area contributed by atoms with Crippen molar-refractivity contribution in [2.75, 3.05) is 13.1 Å². The van der Waals surface area contributed by atoms with Crippen molar-refractivity contribution in [2.45, 2.75) is 18.4 Å². The van der Waals surface area contributed by atoms with Crippen LogP contribution in [0, 0.1) is 5.21 Å². The number of nitrogens with zero attached hydrogens (tertiary/aromatic N) is 1. The van der Waals surface area contributed by atoms with Gasteiger partial charge in [0.25, 0.3) is 11.8 Å². The highest BCUT2D eigenvalue weighted by molar-refractivity contribution is 6.15. The Kier molecular flexibility index (Phi) is 2.72. The molecule has 92 valence electrons. The summed E-state index contributed by atoms with van der Waals surface area (Å²) < 4.78 is 0. The first-order chi connectivity index (χ1) is 7.97. The summed E-state index contributed by atoms with van der Waals surface area (Å²) in [4.78, 5) is 35.2. The third kappa shape index (κ3) is 1.73. The molecule has 0 aromatic carbocycles. The topological polar surface area (TPSA) is 102 Å². The van der Waals surface area contributed by atoms with E-state index in [1.54, 1.807) is 0 Å². The van der Waals surface area contributed by atoms with Crippen molar-refractivity contribution in [2.24, 2.45) is 0 Å². The van der Waals surface area contributed by atoms with Crippen LogP contribution < -0.4 is 5.06 Å². The Morgan fingerprint density at radius 3 is 2.18 bits per heavy atom. The molecule has 17 heavy (non-hydrogen) atoms. The lowest BCUT2D eigenvalue weighted by Crippen LogP contribution is -3.09. The molecule has 0 unspecified atom stereocenters. The van der Waals surface area contributed by atoms with E-state index < -0.39 is 23.3 Å². The fraction of sp³-hybridized carbons (Fsp3) is 0.500. The van der Waals surface area contributed by atoms with Crippen molar-refractivity contribution in [3.05, 3.63) is 17.4 Å². The summed E-state index contributed by atoms with van der Waals surface area (Å²) in [5.41, 5.74) is -1.55. The second kappa shape index (κ2) is 3.94. The van der Waals surface area contributed by atoms with Gasteiger partial charge in [0.1, 0.15) is 0 Å². The molecule has 2 N–H and O–H groups in total. The summed E-state index contributed by atoms with van der Waals surface area (Å²) in [5, 5.41) is 20.4. The third-order valence-electron chi connectivity index (χ3n) is 3.27. The third-order valence-corrected chi connectivity index (χ3v) is 3.27. The highest BCUT2D eigenvalue weighted by Crippen LogP contribution is 2.28. The highest BCUT2D eigenvalue weighted by Gasteiger charge is 2.52. The van der Waals surface area contributed by atoms with Gasteiger partial charge in [-0.05, 0) is 0 Å². The molecule has 0 saturated carbocycles. The fourth-order valence-electron chi connectivity index (χ4n) is 2.30. The number of hydrogen-bond donors (Lipinski definition) is 2. The van der Waals surface area contributed by atoms with Crippen molar-refractivity contribution >= 4 is 17.8 Å². The van der Waals surface area contributed by atoms with E-state index in [-0.39, 0.29) is 31.0 Å². The van der Waals surface area contributed by atoms with Crippen LogP contribution >= 0.6 is 0 Å². The Morgan fingerprint density at radius 1 is 1.29 bits per heavy atom. The lowest BCUT2D eigenvalue weighted by atomic mass is 9.86. The zero-order chi connectivity index (χ0) is 12.6. The number of rotatable bonds is 2. The van der Waals surface area contributed by atoms with Crippen LogP contribution in [-0.4, -0.2) is 46.4 Å². The number of quaternary nitrogens is 1. The first-order valence-electron chi connectivity index (χ1n) is 5.29. The molecule has 0 aliphatic carbocycles. The van der Waals surface area contributed by atoms with Crippen molar-refractivity contribution in [3.63, 3.8) is 0 Å². The average molecular weight is 240 g/mol. The standard InChI is InChI=1S/C10H12N2O5/c13-7-1-2-8(14)12(7)10(9(15)16)3-5-11(17)6-4-10/h1-2,11H,3-6H2,(H,15,16). The number of imide groups is 1. The van der Waals surface area contributed by atoms with Crippen LogP contribution in [0.1, 0.15) is 12.8 Å². The van der Waals surface area contributed by atoms with Gasteiger partial charge in [0.15, 0.2) is 5.54 Å². The van der Waals surface area contributed by atoms with E-state index in [1.165, 1.54) is 0 Å². The average Bonchev–Trinajstić information content (AvgIpc) is 2.61. The van der Waals surface area contributed by atoms with Gasteiger partial charge in [-0.1, -0.05) is 0 Å². The number of hydrogen-bond acceptors (Lipinski definition) is 4. The van der Waals surface area contributed by atoms with Gasteiger partial charge in [-0.2, -0.15) is 0 Å². The van der Waals surface area contributed by atoms with Crippen LogP contribution in [0.5, 0.6) is 0 Å². The lowest BCUT2D eigenvalue weighted by molar-refractivity contribution is -0.855. The van der Waals surface area contributed by atoms with Crippen molar-refractivity contribution < 1.29 is 24.6 Å². The summed E-state index contributed by atoms with van der Waals surface area (Å²) in [6.45, 7) is 0.173. The minimum absolute atomic E-state index is 0.000324. The SMILES string of the molecule is O=C1C=CC(=O)N1C1(C(=O)O)CC[NH+]([O-])CC1. The van der Waals surface area contributed by atoms with Gasteiger partial charge in [0, 0.05) is 25.0 Å². The van der Waals surface area contributed by atoms with Gasteiger partial charge in [0.05, 0.1) is 13.1 Å². The van der Waals surface area contributed by atoms with Crippen LogP contribution in [0.25, 0.3) is 0 Å². The first kappa shape index (κ1) is 11.7. The molecule has 0 radical (unpaired) electrons. The largest absolute Gasteiger partial charge is 0.634 e. The van der Waals surface area contributed by atoms with E-state index in [4.69, 9.17) is 0 Å². The van der Waals surface area contributed by atoms with Crippen LogP contribution in [0.3, 0.4) is 0 Å². The number of amides is 2. The summed E-state index contributed by atoms with van der Waals surface area (Å²) in [5.74, 6) is -2.46. The lowest BCUT2D eigenvalue weighted by Gasteiger charge is -2.42. The summed E-state index contributed by atoms with van der Waals surface area (Å²) in [6, 6.07) is 0. The molecule has 2 amide bonds. The van der Waals surface area contributed by atoms with E-state index in [1.807, 2.05) is 0 Å². The number of nitrogens with one attached hydrogen (secondary N) is 1. The number of aliphatic carboxylic acids is 1. The van der Waals surface area contributed by atoms with E-state index in [9.17, 15) is 24.7 Å². The van der Waals surface area contributed by atoms with Gasteiger partial charge in [-0.15, -0.1) is 0 Å². The number of carbonyl (C=O) groups is 3. The molecular weight excluding hydrogens is 228 g/mol. The predicted octanol–water partition coefficient (Wildman–Crippen LogP) is -2.09. The maximum Gasteiger partial charge on any atom is 0.330 e. The van der Waals surface area contributed by atoms with Gasteiger partial charge in [0.2, 0.25) is 0 Å². The Hall–Kier alpha value is -1.73. The highest BCUT2D eigenvalue weighted by atomic mass is 16.5. The summed E-state index contributed by atoms with van der Waals surface area (Å²) in [7, 11) is 0. The summed E-state index contributed by atoms with van der Waals surface area (Å²) >= 11 is 0. The monoisotopic (exact) mass is 240 g/mol. The number of carboxylic acid groups (broad SMARTS) is 1. The van der Waals surface area contributed by atoms with E-state index in [0.29, 0.717) is 0 Å². The molecule has 0 aromatic rings. The molecule has 7 heteroatoms. The van der Waals surface area contributed by atoms with E-state index in [2.05, 4.69) is 0 Å². The zero-order valence-corrected chi connectivity index (χ0v) is 9.01. The fourth-order valence-corrected chi connectivity index (χ4v) is 2.30. The maximum atomic E-state index is 11.5. The number of carbonyl (C=O) groups excluding carboxylic acids is 2. The smallest absolute Gasteiger partial charge is 0.330 e. The summed E-state index contributed by atoms with van der Waals surface area (Å²) in [6.07, 6.45) is 2.12. The van der Waals surface area contributed by atoms with E-state index >= 15 is 0 Å². The Morgan fingerprint density at radius 2 is 1.76 bits per heavy atom. The molecule has 0 bridgehead atoms. The van der Waals surface area contributed by atoms with Crippen molar-refractivity contribution in [1.29, 1.82) is 0 Å². The number of hydroxylamine groups is 2.